The first kappa shape index (κ1) is 11.8. The second-order valence-corrected chi connectivity index (χ2v) is 4.88. The van der Waals surface area contributed by atoms with Crippen molar-refractivity contribution >= 4 is 0 Å². The Morgan fingerprint density at radius 2 is 1.47 bits per heavy atom. The van der Waals surface area contributed by atoms with Gasteiger partial charge >= 0.3 is 0 Å². The van der Waals surface area contributed by atoms with Gasteiger partial charge in [-0.2, -0.15) is 5.26 Å². The Hall–Kier alpha value is -2.27. The van der Waals surface area contributed by atoms with Crippen LogP contribution in [-0.2, 0) is 0 Å². The summed E-state index contributed by atoms with van der Waals surface area (Å²) in [5.74, 6) is 0.946. The third kappa shape index (κ3) is 2.61. The minimum atomic E-state index is 0.417. The summed E-state index contributed by atoms with van der Waals surface area (Å²) in [6, 6.07) is 17.9. The van der Waals surface area contributed by atoms with E-state index in [4.69, 9.17) is 10.00 Å². The molecule has 94 valence electrons. The fourth-order valence-electron chi connectivity index (χ4n) is 2.14. The minimum Gasteiger partial charge on any atom is -0.490 e. The van der Waals surface area contributed by atoms with E-state index < -0.39 is 0 Å². The van der Waals surface area contributed by atoms with Crippen LogP contribution in [0, 0.1) is 11.3 Å². The van der Waals surface area contributed by atoms with Gasteiger partial charge in [-0.05, 0) is 54.7 Å². The van der Waals surface area contributed by atoms with Gasteiger partial charge in [0.05, 0.1) is 17.7 Å². The summed E-state index contributed by atoms with van der Waals surface area (Å²) in [4.78, 5) is 0. The van der Waals surface area contributed by atoms with Crippen molar-refractivity contribution in [2.24, 2.45) is 0 Å². The maximum atomic E-state index is 8.78. The zero-order valence-corrected chi connectivity index (χ0v) is 10.7. The predicted octanol–water partition coefficient (Wildman–Crippen LogP) is 4.16. The second kappa shape index (κ2) is 5.16. The Kier molecular flexibility index (Phi) is 3.20. The van der Waals surface area contributed by atoms with Gasteiger partial charge in [0.2, 0.25) is 0 Å². The lowest BCUT2D eigenvalue weighted by atomic mass is 9.96. The standard InChI is InChI=1S/C17H15NO/c18-12-13-4-6-14(7-5-13)15-8-10-17(11-9-15)19-16-2-1-3-16/h4-11,16H,1-3H2. The first-order valence-electron chi connectivity index (χ1n) is 6.62. The van der Waals surface area contributed by atoms with E-state index in [-0.39, 0.29) is 0 Å². The van der Waals surface area contributed by atoms with Crippen molar-refractivity contribution in [3.8, 4) is 22.9 Å². The molecule has 0 heterocycles. The molecule has 0 N–H and O–H groups in total. The van der Waals surface area contributed by atoms with Crippen LogP contribution in [0.4, 0.5) is 0 Å². The van der Waals surface area contributed by atoms with Crippen molar-refractivity contribution in [1.29, 1.82) is 5.26 Å². The molecular formula is C17H15NO. The van der Waals surface area contributed by atoms with Gasteiger partial charge in [0.15, 0.2) is 0 Å². The Labute approximate surface area is 113 Å². The van der Waals surface area contributed by atoms with Crippen LogP contribution in [0.5, 0.6) is 5.75 Å². The van der Waals surface area contributed by atoms with Gasteiger partial charge in [-0.3, -0.25) is 0 Å². The largest absolute Gasteiger partial charge is 0.490 e. The molecule has 2 aromatic rings. The van der Waals surface area contributed by atoms with Gasteiger partial charge in [0.25, 0.3) is 0 Å². The Balaban J connectivity index is 1.75. The molecule has 0 atom stereocenters. The lowest BCUT2D eigenvalue weighted by Crippen LogP contribution is -2.24. The highest BCUT2D eigenvalue weighted by Gasteiger charge is 2.18. The molecule has 0 unspecified atom stereocenters. The maximum absolute atomic E-state index is 8.78. The van der Waals surface area contributed by atoms with Crippen molar-refractivity contribution in [2.45, 2.75) is 25.4 Å². The number of ether oxygens (including phenoxy) is 1. The van der Waals surface area contributed by atoms with E-state index in [2.05, 4.69) is 18.2 Å². The maximum Gasteiger partial charge on any atom is 0.119 e. The molecule has 0 amide bonds. The quantitative estimate of drug-likeness (QED) is 0.818. The molecule has 0 aliphatic heterocycles. The topological polar surface area (TPSA) is 33.0 Å². The first-order chi connectivity index (χ1) is 9.35. The lowest BCUT2D eigenvalue weighted by Gasteiger charge is -2.26. The van der Waals surface area contributed by atoms with Crippen molar-refractivity contribution in [3.63, 3.8) is 0 Å². The van der Waals surface area contributed by atoms with E-state index >= 15 is 0 Å². The molecule has 0 radical (unpaired) electrons. The summed E-state index contributed by atoms with van der Waals surface area (Å²) >= 11 is 0. The Bertz CT molecular complexity index is 589. The molecule has 3 rings (SSSR count). The molecule has 1 aliphatic rings. The average molecular weight is 249 g/mol. The van der Waals surface area contributed by atoms with Crippen LogP contribution in [0.25, 0.3) is 11.1 Å². The zero-order chi connectivity index (χ0) is 13.1. The van der Waals surface area contributed by atoms with Crippen LogP contribution in [0.3, 0.4) is 0 Å². The third-order valence-corrected chi connectivity index (χ3v) is 3.56. The Morgan fingerprint density at radius 3 is 1.95 bits per heavy atom. The molecule has 2 nitrogen and oxygen atoms in total. The summed E-state index contributed by atoms with van der Waals surface area (Å²) < 4.78 is 5.83. The number of benzene rings is 2. The van der Waals surface area contributed by atoms with E-state index in [0.717, 1.165) is 16.9 Å². The van der Waals surface area contributed by atoms with E-state index in [0.29, 0.717) is 11.7 Å². The number of nitrogens with zero attached hydrogens (tertiary/aromatic N) is 1. The van der Waals surface area contributed by atoms with Crippen molar-refractivity contribution < 1.29 is 4.74 Å². The normalized spacial score (nSPS) is 14.5. The highest BCUT2D eigenvalue weighted by Crippen LogP contribution is 2.27. The fraction of sp³-hybridized carbons (Fsp3) is 0.235. The van der Waals surface area contributed by atoms with E-state index in [1.54, 1.807) is 0 Å². The zero-order valence-electron chi connectivity index (χ0n) is 10.7. The van der Waals surface area contributed by atoms with Gasteiger partial charge in [-0.1, -0.05) is 24.3 Å². The van der Waals surface area contributed by atoms with Gasteiger partial charge in [0.1, 0.15) is 5.75 Å². The fourth-order valence-corrected chi connectivity index (χ4v) is 2.14. The molecule has 1 saturated carbocycles. The predicted molar refractivity (Wildman–Crippen MR) is 74.9 cm³/mol. The van der Waals surface area contributed by atoms with E-state index in [9.17, 15) is 0 Å². The number of rotatable bonds is 3. The van der Waals surface area contributed by atoms with Crippen molar-refractivity contribution in [3.05, 3.63) is 54.1 Å². The summed E-state index contributed by atoms with van der Waals surface area (Å²) in [5.41, 5.74) is 2.95. The van der Waals surface area contributed by atoms with Crippen molar-refractivity contribution in [2.75, 3.05) is 0 Å². The first-order valence-corrected chi connectivity index (χ1v) is 6.62. The lowest BCUT2D eigenvalue weighted by molar-refractivity contribution is 0.120. The third-order valence-electron chi connectivity index (χ3n) is 3.56. The smallest absolute Gasteiger partial charge is 0.119 e. The van der Waals surface area contributed by atoms with Crippen LogP contribution in [0.2, 0.25) is 0 Å². The van der Waals surface area contributed by atoms with Crippen LogP contribution < -0.4 is 4.74 Å². The SMILES string of the molecule is N#Cc1ccc(-c2ccc(OC3CCC3)cc2)cc1. The summed E-state index contributed by atoms with van der Waals surface area (Å²) in [6.45, 7) is 0. The molecule has 0 bridgehead atoms. The van der Waals surface area contributed by atoms with Gasteiger partial charge in [0, 0.05) is 0 Å². The minimum absolute atomic E-state index is 0.417. The van der Waals surface area contributed by atoms with E-state index in [1.165, 1.54) is 19.3 Å². The molecule has 0 spiro atoms. The van der Waals surface area contributed by atoms with Gasteiger partial charge in [-0.25, -0.2) is 0 Å². The number of hydrogen-bond acceptors (Lipinski definition) is 2. The van der Waals surface area contributed by atoms with Crippen LogP contribution >= 0.6 is 0 Å². The monoisotopic (exact) mass is 249 g/mol. The van der Waals surface area contributed by atoms with Gasteiger partial charge in [-0.15, -0.1) is 0 Å². The Morgan fingerprint density at radius 1 is 0.895 bits per heavy atom. The summed E-state index contributed by atoms with van der Waals surface area (Å²) in [7, 11) is 0. The number of nitriles is 1. The molecule has 0 aromatic heterocycles. The van der Waals surface area contributed by atoms with Crippen LogP contribution in [0.1, 0.15) is 24.8 Å². The van der Waals surface area contributed by atoms with Gasteiger partial charge < -0.3 is 4.74 Å². The molecule has 2 heteroatoms. The highest BCUT2D eigenvalue weighted by molar-refractivity contribution is 5.64. The molecule has 19 heavy (non-hydrogen) atoms. The highest BCUT2D eigenvalue weighted by atomic mass is 16.5. The van der Waals surface area contributed by atoms with Crippen LogP contribution in [-0.4, -0.2) is 6.10 Å². The van der Waals surface area contributed by atoms with E-state index in [1.807, 2.05) is 36.4 Å². The molecule has 0 saturated heterocycles. The molecular weight excluding hydrogens is 234 g/mol. The van der Waals surface area contributed by atoms with Crippen LogP contribution in [0.15, 0.2) is 48.5 Å². The summed E-state index contributed by atoms with van der Waals surface area (Å²) in [5, 5.41) is 8.78. The second-order valence-electron chi connectivity index (χ2n) is 4.88. The summed E-state index contributed by atoms with van der Waals surface area (Å²) in [6.07, 6.45) is 4.06. The number of hydrogen-bond donors (Lipinski definition) is 0. The average Bonchev–Trinajstić information content (AvgIpc) is 2.44. The molecule has 2 aromatic carbocycles. The van der Waals surface area contributed by atoms with Crippen molar-refractivity contribution in [1.82, 2.24) is 0 Å². The molecule has 1 fully saturated rings. The molecule has 1 aliphatic carbocycles.